The van der Waals surface area contributed by atoms with Crippen LogP contribution in [0.5, 0.6) is 0 Å². The molecule has 0 saturated heterocycles. The summed E-state index contributed by atoms with van der Waals surface area (Å²) in [6.45, 7) is 1.47. The summed E-state index contributed by atoms with van der Waals surface area (Å²) in [6.07, 6.45) is 4.87. The van der Waals surface area contributed by atoms with Crippen LogP contribution in [0.2, 0.25) is 0 Å². The van der Waals surface area contributed by atoms with Crippen molar-refractivity contribution in [2.45, 2.75) is 37.3 Å². The van der Waals surface area contributed by atoms with Crippen molar-refractivity contribution in [3.63, 3.8) is 0 Å². The fourth-order valence-corrected chi connectivity index (χ4v) is 3.94. The van der Waals surface area contributed by atoms with Gasteiger partial charge in [-0.25, -0.2) is 17.9 Å². The highest BCUT2D eigenvalue weighted by molar-refractivity contribution is 7.89. The predicted molar refractivity (Wildman–Crippen MR) is 101 cm³/mol. The Labute approximate surface area is 167 Å². The lowest BCUT2D eigenvalue weighted by Crippen LogP contribution is -2.26. The zero-order chi connectivity index (χ0) is 20.4. The number of carbonyl (C=O) groups is 1. The topological polar surface area (TPSA) is 124 Å². The van der Waals surface area contributed by atoms with Gasteiger partial charge in [-0.1, -0.05) is 11.2 Å². The van der Waals surface area contributed by atoms with Gasteiger partial charge in [-0.15, -0.1) is 0 Å². The van der Waals surface area contributed by atoms with Crippen LogP contribution in [-0.2, 0) is 21.4 Å². The molecular weight excluding hydrogens is 396 g/mol. The highest BCUT2D eigenvalue weighted by atomic mass is 32.2. The molecule has 2 heterocycles. The Hall–Kier alpha value is -3.11. The number of nitrogens with zero attached hydrogens (tertiary/aromatic N) is 3. The van der Waals surface area contributed by atoms with Gasteiger partial charge in [-0.2, -0.15) is 4.98 Å². The van der Waals surface area contributed by atoms with Crippen LogP contribution in [0.1, 0.15) is 34.7 Å². The molecule has 1 N–H and O–H groups in total. The van der Waals surface area contributed by atoms with Crippen LogP contribution >= 0.6 is 0 Å². The van der Waals surface area contributed by atoms with Crippen molar-refractivity contribution in [2.75, 3.05) is 0 Å². The lowest BCUT2D eigenvalue weighted by molar-refractivity contribution is 0.0428. The SMILES string of the molecule is Cc1ccc(S(=O)(=O)NC2CC2)cc1C(=O)OCc1nc(-c2cccnc2)no1. The number of sulfonamides is 1. The van der Waals surface area contributed by atoms with Gasteiger partial charge in [0.15, 0.2) is 6.61 Å². The quantitative estimate of drug-likeness (QED) is 0.584. The monoisotopic (exact) mass is 414 g/mol. The van der Waals surface area contributed by atoms with Crippen molar-refractivity contribution >= 4 is 16.0 Å². The summed E-state index contributed by atoms with van der Waals surface area (Å²) < 4.78 is 37.7. The molecule has 29 heavy (non-hydrogen) atoms. The Morgan fingerprint density at radius 1 is 1.31 bits per heavy atom. The number of hydrogen-bond donors (Lipinski definition) is 1. The van der Waals surface area contributed by atoms with Crippen LogP contribution in [0.4, 0.5) is 0 Å². The number of ether oxygens (including phenoxy) is 1. The number of rotatable bonds is 7. The van der Waals surface area contributed by atoms with Crippen LogP contribution in [0.25, 0.3) is 11.4 Å². The summed E-state index contributed by atoms with van der Waals surface area (Å²) in [5.74, 6) is -0.222. The van der Waals surface area contributed by atoms with E-state index >= 15 is 0 Å². The van der Waals surface area contributed by atoms with E-state index in [9.17, 15) is 13.2 Å². The van der Waals surface area contributed by atoms with Gasteiger partial charge in [0.25, 0.3) is 5.89 Å². The van der Waals surface area contributed by atoms with E-state index in [2.05, 4.69) is 19.8 Å². The average Bonchev–Trinajstić information content (AvgIpc) is 3.39. The zero-order valence-electron chi connectivity index (χ0n) is 15.5. The first-order chi connectivity index (χ1) is 13.9. The van der Waals surface area contributed by atoms with Gasteiger partial charge in [0.05, 0.1) is 10.5 Å². The van der Waals surface area contributed by atoms with Crippen molar-refractivity contribution in [1.29, 1.82) is 0 Å². The number of esters is 1. The molecule has 0 atom stereocenters. The molecule has 9 nitrogen and oxygen atoms in total. The van der Waals surface area contributed by atoms with E-state index in [0.717, 1.165) is 12.8 Å². The number of nitrogens with one attached hydrogen (secondary N) is 1. The zero-order valence-corrected chi connectivity index (χ0v) is 16.3. The molecule has 0 unspecified atom stereocenters. The van der Waals surface area contributed by atoms with Crippen molar-refractivity contribution < 1.29 is 22.5 Å². The lowest BCUT2D eigenvalue weighted by Gasteiger charge is -2.09. The fourth-order valence-electron chi connectivity index (χ4n) is 2.61. The first-order valence-electron chi connectivity index (χ1n) is 8.95. The molecule has 0 bridgehead atoms. The summed E-state index contributed by atoms with van der Waals surface area (Å²) in [7, 11) is -3.67. The van der Waals surface area contributed by atoms with Crippen LogP contribution < -0.4 is 4.72 Å². The third-order valence-electron chi connectivity index (χ3n) is 4.35. The number of hydrogen-bond acceptors (Lipinski definition) is 8. The highest BCUT2D eigenvalue weighted by Crippen LogP contribution is 2.23. The number of pyridine rings is 1. The minimum atomic E-state index is -3.67. The average molecular weight is 414 g/mol. The molecule has 1 fully saturated rings. The molecule has 2 aromatic heterocycles. The molecule has 1 aliphatic rings. The molecule has 1 saturated carbocycles. The molecule has 10 heteroatoms. The lowest BCUT2D eigenvalue weighted by atomic mass is 10.1. The maximum Gasteiger partial charge on any atom is 0.338 e. The molecule has 1 aromatic carbocycles. The normalized spacial score (nSPS) is 14.0. The van der Waals surface area contributed by atoms with E-state index in [0.29, 0.717) is 17.0 Å². The van der Waals surface area contributed by atoms with Crippen LogP contribution in [0, 0.1) is 6.92 Å². The van der Waals surface area contributed by atoms with Crippen molar-refractivity contribution in [3.8, 4) is 11.4 Å². The van der Waals surface area contributed by atoms with Crippen molar-refractivity contribution in [1.82, 2.24) is 19.8 Å². The van der Waals surface area contributed by atoms with Gasteiger partial charge in [0, 0.05) is 24.0 Å². The standard InChI is InChI=1S/C19H18N4O5S/c1-12-4-7-15(29(25,26)23-14-5-6-14)9-16(12)19(24)27-11-17-21-18(22-28-17)13-3-2-8-20-10-13/h2-4,7-10,14,23H,5-6,11H2,1H3. The maximum absolute atomic E-state index is 12.5. The smallest absolute Gasteiger partial charge is 0.338 e. The van der Waals surface area contributed by atoms with Crippen molar-refractivity contribution in [3.05, 3.63) is 59.7 Å². The van der Waals surface area contributed by atoms with E-state index in [1.165, 1.54) is 12.1 Å². The highest BCUT2D eigenvalue weighted by Gasteiger charge is 2.28. The molecule has 0 spiro atoms. The Morgan fingerprint density at radius 2 is 2.14 bits per heavy atom. The van der Waals surface area contributed by atoms with Gasteiger partial charge in [-0.05, 0) is 49.6 Å². The minimum absolute atomic E-state index is 0.0248. The first-order valence-corrected chi connectivity index (χ1v) is 10.4. The Balaban J connectivity index is 1.46. The molecule has 150 valence electrons. The van der Waals surface area contributed by atoms with Crippen molar-refractivity contribution in [2.24, 2.45) is 0 Å². The van der Waals surface area contributed by atoms with Gasteiger partial charge in [-0.3, -0.25) is 4.98 Å². The molecule has 1 aliphatic carbocycles. The van der Waals surface area contributed by atoms with E-state index in [1.54, 1.807) is 37.5 Å². The van der Waals surface area contributed by atoms with Crippen LogP contribution in [0.3, 0.4) is 0 Å². The second-order valence-electron chi connectivity index (χ2n) is 6.70. The summed E-state index contributed by atoms with van der Waals surface area (Å²) in [5, 5.41) is 3.83. The van der Waals surface area contributed by atoms with E-state index < -0.39 is 16.0 Å². The second kappa shape index (κ2) is 7.72. The van der Waals surface area contributed by atoms with Gasteiger partial charge < -0.3 is 9.26 Å². The van der Waals surface area contributed by atoms with Gasteiger partial charge in [0.2, 0.25) is 15.8 Å². The number of aromatic nitrogens is 3. The maximum atomic E-state index is 12.5. The summed E-state index contributed by atoms with van der Waals surface area (Å²) in [5.41, 5.74) is 1.43. The third-order valence-corrected chi connectivity index (χ3v) is 5.87. The molecule has 0 aliphatic heterocycles. The van der Waals surface area contributed by atoms with Crippen LogP contribution in [-0.4, -0.2) is 35.6 Å². The van der Waals surface area contributed by atoms with E-state index in [4.69, 9.17) is 9.26 Å². The van der Waals surface area contributed by atoms with E-state index in [1.807, 2.05) is 0 Å². The molecular formula is C19H18N4O5S. The molecule has 0 amide bonds. The molecule has 0 radical (unpaired) electrons. The fraction of sp³-hybridized carbons (Fsp3) is 0.263. The largest absolute Gasteiger partial charge is 0.452 e. The molecule has 3 aromatic rings. The number of carbonyl (C=O) groups excluding carboxylic acids is 1. The number of benzene rings is 1. The van der Waals surface area contributed by atoms with Gasteiger partial charge in [0.1, 0.15) is 0 Å². The Morgan fingerprint density at radius 3 is 2.86 bits per heavy atom. The number of aryl methyl sites for hydroxylation is 1. The Kier molecular flexibility index (Phi) is 5.12. The Bertz CT molecular complexity index is 1140. The predicted octanol–water partition coefficient (Wildman–Crippen LogP) is 2.24. The second-order valence-corrected chi connectivity index (χ2v) is 8.42. The minimum Gasteiger partial charge on any atom is -0.452 e. The van der Waals surface area contributed by atoms with Gasteiger partial charge >= 0.3 is 5.97 Å². The summed E-state index contributed by atoms with van der Waals surface area (Å²) in [4.78, 5) is 20.7. The molecule has 4 rings (SSSR count). The first kappa shape index (κ1) is 19.2. The summed E-state index contributed by atoms with van der Waals surface area (Å²) in [6, 6.07) is 7.85. The summed E-state index contributed by atoms with van der Waals surface area (Å²) >= 11 is 0. The van der Waals surface area contributed by atoms with Crippen LogP contribution in [0.15, 0.2) is 52.1 Å². The van der Waals surface area contributed by atoms with E-state index in [-0.39, 0.29) is 29.0 Å². The third kappa shape index (κ3) is 4.49.